The molecule has 1 aliphatic rings. The van der Waals surface area contributed by atoms with Gasteiger partial charge in [-0.3, -0.25) is 4.57 Å². The third-order valence-corrected chi connectivity index (χ3v) is 4.55. The van der Waals surface area contributed by atoms with Gasteiger partial charge in [-0.05, 0) is 35.1 Å². The molecule has 29 heavy (non-hydrogen) atoms. The normalized spacial score (nSPS) is 13.4. The van der Waals surface area contributed by atoms with Crippen molar-refractivity contribution in [1.29, 1.82) is 0 Å². The Bertz CT molecular complexity index is 1230. The van der Waals surface area contributed by atoms with E-state index in [9.17, 15) is 18.3 Å². The number of alkyl halides is 3. The highest BCUT2D eigenvalue weighted by atomic mass is 19.4. The zero-order valence-corrected chi connectivity index (χ0v) is 15.3. The van der Waals surface area contributed by atoms with Crippen molar-refractivity contribution >= 4 is 24.1 Å². The fraction of sp³-hybridized carbons (Fsp3) is 0.150. The molecule has 2 heterocycles. The molecule has 0 unspecified atom stereocenters. The van der Waals surface area contributed by atoms with Crippen molar-refractivity contribution in [3.05, 3.63) is 69.9 Å². The second-order valence-corrected chi connectivity index (χ2v) is 6.48. The van der Waals surface area contributed by atoms with Gasteiger partial charge in [-0.25, -0.2) is 15.0 Å². The Labute approximate surface area is 163 Å². The minimum absolute atomic E-state index is 0.0888. The molecular formula is C20H16F3N5O. The van der Waals surface area contributed by atoms with Gasteiger partial charge in [-0.15, -0.1) is 0 Å². The highest BCUT2D eigenvalue weighted by Crippen LogP contribution is 2.32. The molecule has 0 bridgehead atoms. The van der Waals surface area contributed by atoms with Crippen LogP contribution in [-0.4, -0.2) is 21.0 Å². The summed E-state index contributed by atoms with van der Waals surface area (Å²) in [6.07, 6.45) is -1.31. The van der Waals surface area contributed by atoms with Gasteiger partial charge >= 0.3 is 6.18 Å². The van der Waals surface area contributed by atoms with E-state index >= 15 is 0 Å². The molecule has 0 saturated heterocycles. The first-order valence-electron chi connectivity index (χ1n) is 8.70. The van der Waals surface area contributed by atoms with Gasteiger partial charge in [0.1, 0.15) is 12.0 Å². The maximum atomic E-state index is 13.1. The molecule has 1 aliphatic heterocycles. The molecule has 2 N–H and O–H groups in total. The highest BCUT2D eigenvalue weighted by Gasteiger charge is 2.32. The van der Waals surface area contributed by atoms with E-state index in [1.165, 1.54) is 23.0 Å². The molecule has 1 aromatic heterocycles. The van der Waals surface area contributed by atoms with E-state index in [0.29, 0.717) is 0 Å². The van der Waals surface area contributed by atoms with Crippen molar-refractivity contribution in [2.75, 3.05) is 5.32 Å². The number of nitrogens with one attached hydrogen (secondary N) is 1. The van der Waals surface area contributed by atoms with E-state index in [0.717, 1.165) is 22.3 Å². The average Bonchev–Trinajstić information content (AvgIpc) is 3.26. The van der Waals surface area contributed by atoms with Crippen LogP contribution >= 0.6 is 0 Å². The van der Waals surface area contributed by atoms with Crippen LogP contribution in [0.2, 0.25) is 0 Å². The summed E-state index contributed by atoms with van der Waals surface area (Å²) in [5.74, 6) is 0.144. The monoisotopic (exact) mass is 399 g/mol. The summed E-state index contributed by atoms with van der Waals surface area (Å²) in [5, 5.41) is 14.7. The lowest BCUT2D eigenvalue weighted by Crippen LogP contribution is -2.12. The van der Waals surface area contributed by atoms with Crippen molar-refractivity contribution in [2.45, 2.75) is 12.7 Å². The zero-order chi connectivity index (χ0) is 20.6. The lowest BCUT2D eigenvalue weighted by atomic mass is 10.1. The Morgan fingerprint density at radius 3 is 2.76 bits per heavy atom. The number of benzene rings is 2. The second-order valence-electron chi connectivity index (χ2n) is 6.48. The van der Waals surface area contributed by atoms with Crippen LogP contribution in [0.5, 0.6) is 5.88 Å². The van der Waals surface area contributed by atoms with Gasteiger partial charge in [0.25, 0.3) is 0 Å². The number of hydrogen-bond donors (Lipinski definition) is 2. The molecule has 0 spiro atoms. The Balaban J connectivity index is 1.61. The third-order valence-electron chi connectivity index (χ3n) is 4.55. The van der Waals surface area contributed by atoms with Crippen LogP contribution in [0, 0.1) is 0 Å². The van der Waals surface area contributed by atoms with E-state index in [1.807, 2.05) is 12.1 Å². The molecule has 148 valence electrons. The van der Waals surface area contributed by atoms with Crippen molar-refractivity contribution < 1.29 is 18.3 Å². The highest BCUT2D eigenvalue weighted by molar-refractivity contribution is 5.67. The van der Waals surface area contributed by atoms with E-state index in [1.54, 1.807) is 25.3 Å². The lowest BCUT2D eigenvalue weighted by molar-refractivity contribution is -0.138. The van der Waals surface area contributed by atoms with Crippen molar-refractivity contribution in [1.82, 2.24) is 9.55 Å². The summed E-state index contributed by atoms with van der Waals surface area (Å²) in [6.45, 7) is -0.0888. The Morgan fingerprint density at radius 1 is 1.17 bits per heavy atom. The number of hydrogen-bond acceptors (Lipinski definition) is 5. The molecule has 2 aromatic carbocycles. The number of aromatic hydroxyl groups is 1. The van der Waals surface area contributed by atoms with Crippen LogP contribution in [0.25, 0.3) is 6.08 Å². The summed E-state index contributed by atoms with van der Waals surface area (Å²) >= 11 is 0. The van der Waals surface area contributed by atoms with Gasteiger partial charge in [0.2, 0.25) is 11.8 Å². The standard InChI is InChI=1S/C20H16F3N5O/c1-28-18(29)17(9-12-6-7-15-16(8-12)26-11-25-15)27-19(28)24-10-13-4-2-3-5-14(13)20(21,22)23/h2-9,11,29H,10H2,1H3,(H,24,27). The quantitative estimate of drug-likeness (QED) is 0.709. The smallest absolute Gasteiger partial charge is 0.416 e. The van der Waals surface area contributed by atoms with E-state index in [2.05, 4.69) is 20.3 Å². The molecule has 0 fully saturated rings. The van der Waals surface area contributed by atoms with Crippen LogP contribution in [0.15, 0.2) is 52.4 Å². The minimum Gasteiger partial charge on any atom is -0.493 e. The fourth-order valence-electron chi connectivity index (χ4n) is 3.05. The predicted molar refractivity (Wildman–Crippen MR) is 103 cm³/mol. The topological polar surface area (TPSA) is 74.8 Å². The Kier molecular flexibility index (Phi) is 4.57. The molecule has 0 atom stereocenters. The summed E-state index contributed by atoms with van der Waals surface area (Å²) in [5.41, 5.74) is 0.393. The Morgan fingerprint density at radius 2 is 1.97 bits per heavy atom. The van der Waals surface area contributed by atoms with Crippen LogP contribution in [-0.2, 0) is 19.8 Å². The van der Waals surface area contributed by atoms with Crippen molar-refractivity contribution in [3.63, 3.8) is 0 Å². The van der Waals surface area contributed by atoms with Crippen LogP contribution < -0.4 is 15.9 Å². The van der Waals surface area contributed by atoms with Gasteiger partial charge in [-0.2, -0.15) is 13.2 Å². The first-order chi connectivity index (χ1) is 13.8. The molecule has 0 amide bonds. The molecule has 0 saturated carbocycles. The Hall–Kier alpha value is -3.62. The SMILES string of the molecule is Cn1c(NCc2ccccc2C(F)(F)F)nc(C=c2ccc3c(c2)N=CN=3)c1O. The number of aromatic nitrogens is 2. The molecule has 0 radical (unpaired) electrons. The number of rotatable bonds is 4. The maximum Gasteiger partial charge on any atom is 0.416 e. The van der Waals surface area contributed by atoms with E-state index in [-0.39, 0.29) is 29.6 Å². The molecule has 9 heteroatoms. The van der Waals surface area contributed by atoms with Crippen molar-refractivity contribution in [2.24, 2.45) is 17.0 Å². The number of halogens is 3. The fourth-order valence-corrected chi connectivity index (χ4v) is 3.05. The third kappa shape index (κ3) is 3.71. The summed E-state index contributed by atoms with van der Waals surface area (Å²) in [7, 11) is 1.57. The second kappa shape index (κ2) is 7.08. The summed E-state index contributed by atoms with van der Waals surface area (Å²) < 4.78 is 40.8. The molecule has 4 rings (SSSR count). The number of anilines is 1. The molecule has 3 aromatic rings. The molecule has 0 aliphatic carbocycles. The van der Waals surface area contributed by atoms with Crippen LogP contribution in [0.1, 0.15) is 16.8 Å². The summed E-state index contributed by atoms with van der Waals surface area (Å²) in [6, 6.07) is 10.8. The first kappa shape index (κ1) is 18.7. The van der Waals surface area contributed by atoms with Crippen LogP contribution in [0.4, 0.5) is 24.8 Å². The number of aliphatic imine (C=N–C) groups is 1. The van der Waals surface area contributed by atoms with Gasteiger partial charge in [0.05, 0.1) is 16.6 Å². The number of imidazole rings is 1. The average molecular weight is 399 g/mol. The van der Waals surface area contributed by atoms with Gasteiger partial charge in [0, 0.05) is 13.6 Å². The minimum atomic E-state index is -4.44. The molecule has 6 nitrogen and oxygen atoms in total. The lowest BCUT2D eigenvalue weighted by Gasteiger charge is -2.13. The zero-order valence-electron chi connectivity index (χ0n) is 15.3. The number of nitrogens with zero attached hydrogens (tertiary/aromatic N) is 4. The molecular weight excluding hydrogens is 383 g/mol. The summed E-state index contributed by atoms with van der Waals surface area (Å²) in [4.78, 5) is 12.5. The van der Waals surface area contributed by atoms with E-state index < -0.39 is 11.7 Å². The van der Waals surface area contributed by atoms with Gasteiger partial charge in [-0.1, -0.05) is 24.3 Å². The number of fused-ring (bicyclic) bond motifs is 1. The largest absolute Gasteiger partial charge is 0.493 e. The van der Waals surface area contributed by atoms with Gasteiger partial charge in [0.15, 0.2) is 0 Å². The van der Waals surface area contributed by atoms with Gasteiger partial charge < -0.3 is 10.4 Å². The first-order valence-corrected chi connectivity index (χ1v) is 8.70. The predicted octanol–water partition coefficient (Wildman–Crippen LogP) is 2.88. The van der Waals surface area contributed by atoms with Crippen molar-refractivity contribution in [3.8, 4) is 5.88 Å². The van der Waals surface area contributed by atoms with Crippen LogP contribution in [0.3, 0.4) is 0 Å². The van der Waals surface area contributed by atoms with E-state index in [4.69, 9.17) is 0 Å². The maximum absolute atomic E-state index is 13.1.